The SMILES string of the molecule is FC1=C(OCc2ccc(Cl)c(Cl)c2)C(F)(F)C1(F)F. The fourth-order valence-electron chi connectivity index (χ4n) is 1.44. The highest BCUT2D eigenvalue weighted by atomic mass is 35.5. The first kappa shape index (κ1) is 14.4. The number of ether oxygens (including phenoxy) is 1. The van der Waals surface area contributed by atoms with Gasteiger partial charge in [-0.25, -0.2) is 4.39 Å². The Morgan fingerprint density at radius 1 is 1.00 bits per heavy atom. The Balaban J connectivity index is 2.12. The van der Waals surface area contributed by atoms with E-state index in [1.54, 1.807) is 0 Å². The molecule has 0 aromatic heterocycles. The maximum Gasteiger partial charge on any atom is 0.375 e. The lowest BCUT2D eigenvalue weighted by Gasteiger charge is -2.35. The minimum absolute atomic E-state index is 0.142. The van der Waals surface area contributed by atoms with Crippen LogP contribution in [0.25, 0.3) is 0 Å². The quantitative estimate of drug-likeness (QED) is 0.714. The fourth-order valence-corrected chi connectivity index (χ4v) is 1.76. The maximum atomic E-state index is 12.9. The molecule has 0 saturated heterocycles. The number of hydrogen-bond donors (Lipinski definition) is 0. The van der Waals surface area contributed by atoms with E-state index in [0.29, 0.717) is 5.56 Å². The second kappa shape index (κ2) is 4.52. The van der Waals surface area contributed by atoms with E-state index in [9.17, 15) is 22.0 Å². The normalized spacial score (nSPS) is 20.2. The molecule has 0 saturated carbocycles. The van der Waals surface area contributed by atoms with Crippen molar-refractivity contribution < 1.29 is 26.7 Å². The Bertz CT molecular complexity index is 556. The van der Waals surface area contributed by atoms with Crippen molar-refractivity contribution in [2.75, 3.05) is 0 Å². The summed E-state index contributed by atoms with van der Waals surface area (Å²) in [7, 11) is 0. The summed E-state index contributed by atoms with van der Waals surface area (Å²) in [5.41, 5.74) is 0.292. The van der Waals surface area contributed by atoms with Gasteiger partial charge in [0.25, 0.3) is 0 Å². The summed E-state index contributed by atoms with van der Waals surface area (Å²) in [6.07, 6.45) is 0. The van der Waals surface area contributed by atoms with Gasteiger partial charge in [-0.05, 0) is 17.7 Å². The van der Waals surface area contributed by atoms with Crippen molar-refractivity contribution >= 4 is 23.2 Å². The molecule has 0 amide bonds. The van der Waals surface area contributed by atoms with E-state index >= 15 is 0 Å². The van der Waals surface area contributed by atoms with Crippen LogP contribution in [0, 0.1) is 0 Å². The molecule has 0 fully saturated rings. The van der Waals surface area contributed by atoms with Crippen LogP contribution in [0.4, 0.5) is 22.0 Å². The van der Waals surface area contributed by atoms with Gasteiger partial charge in [-0.3, -0.25) is 0 Å². The zero-order valence-electron chi connectivity index (χ0n) is 8.99. The van der Waals surface area contributed by atoms with E-state index in [4.69, 9.17) is 23.2 Å². The maximum absolute atomic E-state index is 12.9. The molecule has 1 nitrogen and oxygen atoms in total. The van der Waals surface area contributed by atoms with Gasteiger partial charge in [-0.1, -0.05) is 29.3 Å². The van der Waals surface area contributed by atoms with Crippen LogP contribution in [0.15, 0.2) is 29.8 Å². The first-order chi connectivity index (χ1) is 8.68. The van der Waals surface area contributed by atoms with Crippen molar-refractivity contribution in [1.29, 1.82) is 0 Å². The molecule has 1 aromatic carbocycles. The summed E-state index contributed by atoms with van der Waals surface area (Å²) in [4.78, 5) is 0. The Labute approximate surface area is 114 Å². The summed E-state index contributed by atoms with van der Waals surface area (Å²) in [5.74, 6) is -13.3. The zero-order chi connectivity index (χ0) is 14.4. The molecule has 104 valence electrons. The minimum atomic E-state index is -4.81. The smallest absolute Gasteiger partial charge is 0.375 e. The van der Waals surface area contributed by atoms with Crippen LogP contribution in [0.3, 0.4) is 0 Å². The van der Waals surface area contributed by atoms with Crippen LogP contribution in [0.1, 0.15) is 5.56 Å². The number of benzene rings is 1. The molecule has 0 aliphatic heterocycles. The highest BCUT2D eigenvalue weighted by Gasteiger charge is 2.74. The summed E-state index contributed by atoms with van der Waals surface area (Å²) >= 11 is 11.3. The molecule has 0 atom stereocenters. The molecule has 1 aliphatic rings. The van der Waals surface area contributed by atoms with Crippen LogP contribution in [-0.4, -0.2) is 11.8 Å². The van der Waals surface area contributed by atoms with Crippen LogP contribution in [-0.2, 0) is 11.3 Å². The molecular formula is C11H5Cl2F5O. The summed E-state index contributed by atoms with van der Waals surface area (Å²) in [6.45, 7) is -0.523. The Kier molecular flexibility index (Phi) is 3.43. The Hall–Kier alpha value is -1.01. The van der Waals surface area contributed by atoms with Crippen LogP contribution in [0.5, 0.6) is 0 Å². The molecule has 0 spiro atoms. The first-order valence-electron chi connectivity index (χ1n) is 4.91. The number of allylic oxidation sites excluding steroid dienone is 2. The predicted octanol–water partition coefficient (Wildman–Crippen LogP) is 4.98. The Morgan fingerprint density at radius 2 is 1.63 bits per heavy atom. The zero-order valence-corrected chi connectivity index (χ0v) is 10.5. The molecule has 1 aliphatic carbocycles. The van der Waals surface area contributed by atoms with E-state index in [0.717, 1.165) is 0 Å². The highest BCUT2D eigenvalue weighted by molar-refractivity contribution is 6.42. The van der Waals surface area contributed by atoms with Crippen molar-refractivity contribution in [3.63, 3.8) is 0 Å². The van der Waals surface area contributed by atoms with Gasteiger partial charge in [0.15, 0.2) is 0 Å². The fraction of sp³-hybridized carbons (Fsp3) is 0.273. The van der Waals surface area contributed by atoms with Gasteiger partial charge in [0.1, 0.15) is 6.61 Å². The van der Waals surface area contributed by atoms with Crippen molar-refractivity contribution in [1.82, 2.24) is 0 Å². The molecule has 8 heteroatoms. The molecule has 2 rings (SSSR count). The second-order valence-corrected chi connectivity index (χ2v) is 4.64. The van der Waals surface area contributed by atoms with Gasteiger partial charge in [0.05, 0.1) is 10.0 Å². The minimum Gasteiger partial charge on any atom is -0.484 e. The van der Waals surface area contributed by atoms with Gasteiger partial charge < -0.3 is 4.74 Å². The molecule has 1 aromatic rings. The largest absolute Gasteiger partial charge is 0.484 e. The van der Waals surface area contributed by atoms with E-state index < -0.39 is 30.0 Å². The lowest BCUT2D eigenvalue weighted by atomic mass is 9.96. The third kappa shape index (κ3) is 2.17. The third-order valence-corrected chi connectivity index (χ3v) is 3.26. The van der Waals surface area contributed by atoms with Crippen molar-refractivity contribution in [2.45, 2.75) is 18.5 Å². The number of hydrogen-bond acceptors (Lipinski definition) is 1. The first-order valence-corrected chi connectivity index (χ1v) is 5.66. The van der Waals surface area contributed by atoms with Crippen LogP contribution < -0.4 is 0 Å². The van der Waals surface area contributed by atoms with Gasteiger partial charge >= 0.3 is 11.8 Å². The van der Waals surface area contributed by atoms with Crippen molar-refractivity contribution in [3.8, 4) is 0 Å². The van der Waals surface area contributed by atoms with Crippen LogP contribution >= 0.6 is 23.2 Å². The standard InChI is InChI=1S/C11H5Cl2F5O/c12-6-2-1-5(3-7(6)13)4-19-9-8(14)10(15,16)11(9,17)18/h1-3H,4H2. The molecule has 0 unspecified atom stereocenters. The second-order valence-electron chi connectivity index (χ2n) is 3.83. The van der Waals surface area contributed by atoms with E-state index in [2.05, 4.69) is 4.74 Å². The summed E-state index contributed by atoms with van der Waals surface area (Å²) in [5, 5.41) is 0.374. The Morgan fingerprint density at radius 3 is 2.16 bits per heavy atom. The average Bonchev–Trinajstić information content (AvgIpc) is 2.33. The van der Waals surface area contributed by atoms with Gasteiger partial charge in [0, 0.05) is 0 Å². The molecule has 19 heavy (non-hydrogen) atoms. The third-order valence-electron chi connectivity index (χ3n) is 2.52. The molecule has 0 bridgehead atoms. The summed E-state index contributed by atoms with van der Waals surface area (Å²) in [6, 6.07) is 4.07. The van der Waals surface area contributed by atoms with Crippen LogP contribution in [0.2, 0.25) is 10.0 Å². The monoisotopic (exact) mass is 318 g/mol. The van der Waals surface area contributed by atoms with Gasteiger partial charge in [0.2, 0.25) is 11.6 Å². The average molecular weight is 319 g/mol. The summed E-state index contributed by atoms with van der Waals surface area (Å²) < 4.78 is 67.9. The lowest BCUT2D eigenvalue weighted by molar-refractivity contribution is -0.233. The van der Waals surface area contributed by atoms with Crippen molar-refractivity contribution in [3.05, 3.63) is 45.4 Å². The van der Waals surface area contributed by atoms with Crippen molar-refractivity contribution in [2.24, 2.45) is 0 Å². The topological polar surface area (TPSA) is 9.23 Å². The predicted molar refractivity (Wildman–Crippen MR) is 59.3 cm³/mol. The molecule has 0 radical (unpaired) electrons. The highest BCUT2D eigenvalue weighted by Crippen LogP contribution is 2.56. The van der Waals surface area contributed by atoms with E-state index in [1.807, 2.05) is 0 Å². The molecule has 0 heterocycles. The lowest BCUT2D eigenvalue weighted by Crippen LogP contribution is -2.53. The van der Waals surface area contributed by atoms with E-state index in [1.165, 1.54) is 18.2 Å². The number of rotatable bonds is 3. The van der Waals surface area contributed by atoms with Gasteiger partial charge in [-0.2, -0.15) is 17.6 Å². The van der Waals surface area contributed by atoms with E-state index in [-0.39, 0.29) is 10.0 Å². The number of alkyl halides is 4. The van der Waals surface area contributed by atoms with Gasteiger partial charge in [-0.15, -0.1) is 0 Å². The number of halogens is 7. The molecular weight excluding hydrogens is 314 g/mol. The molecule has 0 N–H and O–H groups in total.